The summed E-state index contributed by atoms with van der Waals surface area (Å²) in [6.07, 6.45) is 3.03. The highest BCUT2D eigenvalue weighted by Gasteiger charge is 2.05. The molecule has 0 aliphatic carbocycles. The van der Waals surface area contributed by atoms with Crippen molar-refractivity contribution in [3.63, 3.8) is 0 Å². The Kier molecular flexibility index (Phi) is 2.03. The highest BCUT2D eigenvalue weighted by atomic mass is 32.1. The van der Waals surface area contributed by atoms with Gasteiger partial charge in [0.15, 0.2) is 0 Å². The molecule has 0 unspecified atom stereocenters. The maximum absolute atomic E-state index is 4.24. The molecule has 0 aliphatic rings. The lowest BCUT2D eigenvalue weighted by atomic mass is 10.1. The van der Waals surface area contributed by atoms with Gasteiger partial charge in [-0.2, -0.15) is 0 Å². The van der Waals surface area contributed by atoms with Gasteiger partial charge < -0.3 is 4.98 Å². The van der Waals surface area contributed by atoms with E-state index in [0.717, 1.165) is 12.1 Å². The summed E-state index contributed by atoms with van der Waals surface area (Å²) in [6, 6.07) is 10.5. The molecule has 0 saturated carbocycles. The maximum atomic E-state index is 4.24. The predicted octanol–water partition coefficient (Wildman–Crippen LogP) is 3.22. The van der Waals surface area contributed by atoms with Gasteiger partial charge in [0.1, 0.15) is 5.65 Å². The van der Waals surface area contributed by atoms with Crippen molar-refractivity contribution in [3.8, 4) is 0 Å². The molecule has 3 rings (SSSR count). The van der Waals surface area contributed by atoms with E-state index in [1.165, 1.54) is 15.8 Å². The first-order valence-electron chi connectivity index (χ1n) is 4.87. The zero-order valence-electron chi connectivity index (χ0n) is 8.10. The number of rotatable bonds is 2. The topological polar surface area (TPSA) is 28.7 Å². The van der Waals surface area contributed by atoms with Crippen LogP contribution in [0.15, 0.2) is 42.0 Å². The number of fused-ring (bicyclic) bond motifs is 1. The van der Waals surface area contributed by atoms with Crippen LogP contribution in [0.5, 0.6) is 0 Å². The molecule has 3 aromatic rings. The molecule has 0 bridgehead atoms. The minimum atomic E-state index is 0.975. The second-order valence-electron chi connectivity index (χ2n) is 3.51. The summed E-state index contributed by atoms with van der Waals surface area (Å²) >= 11 is 1.70. The van der Waals surface area contributed by atoms with E-state index < -0.39 is 0 Å². The van der Waals surface area contributed by atoms with Gasteiger partial charge in [-0.15, -0.1) is 11.3 Å². The summed E-state index contributed by atoms with van der Waals surface area (Å²) in [5.41, 5.74) is 5.56. The largest absolute Gasteiger partial charge is 0.345 e. The molecule has 0 saturated heterocycles. The first-order valence-corrected chi connectivity index (χ1v) is 5.75. The van der Waals surface area contributed by atoms with Crippen LogP contribution < -0.4 is 0 Å². The Balaban J connectivity index is 1.99. The molecule has 2 aromatic heterocycles. The van der Waals surface area contributed by atoms with Crippen LogP contribution in [0.2, 0.25) is 0 Å². The Morgan fingerprint density at radius 2 is 2.07 bits per heavy atom. The molecule has 74 valence electrons. The molecule has 0 fully saturated rings. The van der Waals surface area contributed by atoms with E-state index in [1.54, 1.807) is 11.3 Å². The highest BCUT2D eigenvalue weighted by molar-refractivity contribution is 7.16. The van der Waals surface area contributed by atoms with Crippen molar-refractivity contribution in [2.24, 2.45) is 0 Å². The van der Waals surface area contributed by atoms with Gasteiger partial charge in [-0.1, -0.05) is 30.3 Å². The van der Waals surface area contributed by atoms with E-state index >= 15 is 0 Å². The minimum absolute atomic E-state index is 0.975. The van der Waals surface area contributed by atoms with Crippen LogP contribution in [0, 0.1) is 0 Å². The number of thiazole rings is 1. The predicted molar refractivity (Wildman–Crippen MR) is 63.2 cm³/mol. The molecule has 0 amide bonds. The zero-order valence-corrected chi connectivity index (χ0v) is 8.92. The quantitative estimate of drug-likeness (QED) is 0.697. The third kappa shape index (κ3) is 1.55. The van der Waals surface area contributed by atoms with E-state index in [2.05, 4.69) is 40.4 Å². The van der Waals surface area contributed by atoms with E-state index in [9.17, 15) is 0 Å². The van der Waals surface area contributed by atoms with Crippen LogP contribution in [0.3, 0.4) is 0 Å². The lowest BCUT2D eigenvalue weighted by Crippen LogP contribution is -1.84. The van der Waals surface area contributed by atoms with Crippen LogP contribution in [-0.4, -0.2) is 9.97 Å². The lowest BCUT2D eigenvalue weighted by molar-refractivity contribution is 1.21. The van der Waals surface area contributed by atoms with Gasteiger partial charge in [0.25, 0.3) is 0 Å². The number of H-pyrrole nitrogens is 1. The lowest BCUT2D eigenvalue weighted by Gasteiger charge is -1.97. The van der Waals surface area contributed by atoms with Crippen molar-refractivity contribution in [2.75, 3.05) is 0 Å². The third-order valence-electron chi connectivity index (χ3n) is 2.48. The minimum Gasteiger partial charge on any atom is -0.345 e. The van der Waals surface area contributed by atoms with Gasteiger partial charge in [0.2, 0.25) is 0 Å². The van der Waals surface area contributed by atoms with Crippen molar-refractivity contribution >= 4 is 21.7 Å². The standard InChI is InChI=1S/C12H10N2S/c1-2-4-9(5-3-1)6-10-7-13-12-11(10)15-8-14-12/h1-5,7-8,13H,6H2. The Bertz CT molecular complexity index is 565. The molecule has 1 aromatic carbocycles. The van der Waals surface area contributed by atoms with Crippen molar-refractivity contribution in [2.45, 2.75) is 6.42 Å². The second-order valence-corrected chi connectivity index (χ2v) is 4.36. The van der Waals surface area contributed by atoms with Crippen LogP contribution in [0.25, 0.3) is 10.3 Å². The summed E-state index contributed by atoms with van der Waals surface area (Å²) in [4.78, 5) is 7.43. The fourth-order valence-corrected chi connectivity index (χ4v) is 2.51. The Hall–Kier alpha value is -1.61. The van der Waals surface area contributed by atoms with Gasteiger partial charge >= 0.3 is 0 Å². The molecule has 3 heteroatoms. The number of nitrogens with one attached hydrogen (secondary N) is 1. The first kappa shape index (κ1) is 8.68. The zero-order chi connectivity index (χ0) is 10.1. The van der Waals surface area contributed by atoms with Gasteiger partial charge in [0, 0.05) is 12.6 Å². The molecule has 2 heterocycles. The van der Waals surface area contributed by atoms with E-state index in [-0.39, 0.29) is 0 Å². The Labute approximate surface area is 91.6 Å². The smallest absolute Gasteiger partial charge is 0.148 e. The number of hydrogen-bond donors (Lipinski definition) is 1. The van der Waals surface area contributed by atoms with Gasteiger partial charge in [-0.05, 0) is 11.1 Å². The molecule has 0 radical (unpaired) electrons. The first-order chi connectivity index (χ1) is 7.43. The van der Waals surface area contributed by atoms with Crippen LogP contribution in [0.4, 0.5) is 0 Å². The monoisotopic (exact) mass is 214 g/mol. The van der Waals surface area contributed by atoms with Crippen molar-refractivity contribution in [3.05, 3.63) is 53.2 Å². The molecule has 15 heavy (non-hydrogen) atoms. The summed E-state index contributed by atoms with van der Waals surface area (Å²) in [6.45, 7) is 0. The number of benzene rings is 1. The normalized spacial score (nSPS) is 10.9. The average molecular weight is 214 g/mol. The van der Waals surface area contributed by atoms with Crippen molar-refractivity contribution in [1.82, 2.24) is 9.97 Å². The van der Waals surface area contributed by atoms with E-state index in [4.69, 9.17) is 0 Å². The van der Waals surface area contributed by atoms with Crippen molar-refractivity contribution < 1.29 is 0 Å². The molecule has 0 spiro atoms. The number of aromatic amines is 1. The Morgan fingerprint density at radius 1 is 1.20 bits per heavy atom. The molecule has 1 N–H and O–H groups in total. The van der Waals surface area contributed by atoms with Crippen LogP contribution >= 0.6 is 11.3 Å². The van der Waals surface area contributed by atoms with Gasteiger partial charge in [-0.3, -0.25) is 0 Å². The van der Waals surface area contributed by atoms with Crippen LogP contribution in [0.1, 0.15) is 11.1 Å². The maximum Gasteiger partial charge on any atom is 0.148 e. The van der Waals surface area contributed by atoms with E-state index in [1.807, 2.05) is 11.6 Å². The second kappa shape index (κ2) is 3.51. The summed E-state index contributed by atoms with van der Waals surface area (Å²) in [7, 11) is 0. The molecule has 2 nitrogen and oxygen atoms in total. The number of aromatic nitrogens is 2. The Morgan fingerprint density at radius 3 is 2.93 bits per heavy atom. The summed E-state index contributed by atoms with van der Waals surface area (Å²) in [5.74, 6) is 0. The number of nitrogens with zero attached hydrogens (tertiary/aromatic N) is 1. The number of hydrogen-bond acceptors (Lipinski definition) is 2. The fourth-order valence-electron chi connectivity index (χ4n) is 1.74. The van der Waals surface area contributed by atoms with Crippen molar-refractivity contribution in [1.29, 1.82) is 0 Å². The highest BCUT2D eigenvalue weighted by Crippen LogP contribution is 2.23. The molecule has 0 aliphatic heterocycles. The van der Waals surface area contributed by atoms with E-state index in [0.29, 0.717) is 0 Å². The molecule has 0 atom stereocenters. The van der Waals surface area contributed by atoms with Gasteiger partial charge in [0.05, 0.1) is 10.2 Å². The fraction of sp³-hybridized carbons (Fsp3) is 0.0833. The SMILES string of the molecule is c1ccc(Cc2c[nH]c3ncsc23)cc1. The van der Waals surface area contributed by atoms with Crippen LogP contribution in [-0.2, 0) is 6.42 Å². The summed E-state index contributed by atoms with van der Waals surface area (Å²) < 4.78 is 1.28. The average Bonchev–Trinajstić information content (AvgIpc) is 2.85. The third-order valence-corrected chi connectivity index (χ3v) is 3.38. The molecular formula is C12H10N2S. The van der Waals surface area contributed by atoms with Gasteiger partial charge in [-0.25, -0.2) is 4.98 Å². The summed E-state index contributed by atoms with van der Waals surface area (Å²) in [5, 5.41) is 0. The molecular weight excluding hydrogens is 204 g/mol.